The summed E-state index contributed by atoms with van der Waals surface area (Å²) < 4.78 is 22.8. The standard InChI is InChI=1S/C30H64N3O5P/c1-6-8-9-10-11-12-13-14-15-16-17-18-19-20-21-22-25-32(30(34)31-7-2)26-23-24-28-37-39(35,36)38-29-27-33(3,4)5/h6-29H2,1-5H3,(H-,31,34,35,36)/p+1. The molecule has 0 aliphatic carbocycles. The Labute approximate surface area is 241 Å². The van der Waals surface area contributed by atoms with E-state index in [1.807, 2.05) is 33.0 Å². The smallest absolute Gasteiger partial charge is 0.338 e. The molecular weight excluding hydrogens is 513 g/mol. The zero-order chi connectivity index (χ0) is 29.2. The van der Waals surface area contributed by atoms with E-state index in [0.717, 1.165) is 25.8 Å². The van der Waals surface area contributed by atoms with Crippen LogP contribution in [0.15, 0.2) is 0 Å². The average Bonchev–Trinajstić information content (AvgIpc) is 2.86. The van der Waals surface area contributed by atoms with Crippen LogP contribution in [0.4, 0.5) is 4.79 Å². The molecule has 8 nitrogen and oxygen atoms in total. The summed E-state index contributed by atoms with van der Waals surface area (Å²) in [6, 6.07) is -0.0316. The van der Waals surface area contributed by atoms with Crippen LogP contribution in [0.3, 0.4) is 0 Å². The molecule has 1 unspecified atom stereocenters. The van der Waals surface area contributed by atoms with Crippen molar-refractivity contribution in [2.45, 2.75) is 129 Å². The summed E-state index contributed by atoms with van der Waals surface area (Å²) in [6.07, 6.45) is 22.7. The molecule has 0 saturated carbocycles. The molecule has 0 aliphatic heterocycles. The highest BCUT2D eigenvalue weighted by molar-refractivity contribution is 7.47. The van der Waals surface area contributed by atoms with Crippen LogP contribution >= 0.6 is 7.82 Å². The van der Waals surface area contributed by atoms with Gasteiger partial charge in [0.05, 0.1) is 27.7 Å². The molecule has 234 valence electrons. The van der Waals surface area contributed by atoms with E-state index in [9.17, 15) is 14.3 Å². The number of carbonyl (C=O) groups excluding carboxylic acids is 1. The Morgan fingerprint density at radius 1 is 0.692 bits per heavy atom. The van der Waals surface area contributed by atoms with Gasteiger partial charge in [-0.05, 0) is 26.2 Å². The minimum absolute atomic E-state index is 0.0316. The summed E-state index contributed by atoms with van der Waals surface area (Å²) in [7, 11) is 1.96. The maximum absolute atomic E-state index is 12.4. The highest BCUT2D eigenvalue weighted by Crippen LogP contribution is 2.43. The molecule has 1 atom stereocenters. The Morgan fingerprint density at radius 3 is 1.54 bits per heavy atom. The third kappa shape index (κ3) is 27.3. The van der Waals surface area contributed by atoms with Gasteiger partial charge in [-0.1, -0.05) is 103 Å². The first kappa shape index (κ1) is 38.3. The maximum atomic E-state index is 12.4. The normalized spacial score (nSPS) is 13.4. The van der Waals surface area contributed by atoms with E-state index in [4.69, 9.17) is 9.05 Å². The van der Waals surface area contributed by atoms with Gasteiger partial charge in [0.2, 0.25) is 0 Å². The highest BCUT2D eigenvalue weighted by Gasteiger charge is 2.22. The van der Waals surface area contributed by atoms with E-state index in [0.29, 0.717) is 30.5 Å². The van der Waals surface area contributed by atoms with E-state index in [1.165, 1.54) is 89.9 Å². The molecule has 0 aromatic rings. The summed E-state index contributed by atoms with van der Waals surface area (Å²) in [4.78, 5) is 24.1. The molecule has 0 fully saturated rings. The van der Waals surface area contributed by atoms with E-state index in [1.54, 1.807) is 0 Å². The van der Waals surface area contributed by atoms with E-state index < -0.39 is 7.82 Å². The predicted molar refractivity (Wildman–Crippen MR) is 164 cm³/mol. The molecule has 2 N–H and O–H groups in total. The fourth-order valence-electron chi connectivity index (χ4n) is 4.48. The first-order valence-corrected chi connectivity index (χ1v) is 17.6. The number of urea groups is 1. The Bertz CT molecular complexity index is 616. The lowest BCUT2D eigenvalue weighted by Crippen LogP contribution is -2.41. The van der Waals surface area contributed by atoms with Crippen LogP contribution in [0.1, 0.15) is 129 Å². The van der Waals surface area contributed by atoms with Crippen LogP contribution in [0.2, 0.25) is 0 Å². The van der Waals surface area contributed by atoms with E-state index in [-0.39, 0.29) is 19.2 Å². The van der Waals surface area contributed by atoms with Gasteiger partial charge in [0.15, 0.2) is 0 Å². The average molecular weight is 579 g/mol. The van der Waals surface area contributed by atoms with Crippen molar-refractivity contribution >= 4 is 13.9 Å². The van der Waals surface area contributed by atoms with Gasteiger partial charge in [-0.25, -0.2) is 9.36 Å². The fraction of sp³-hybridized carbons (Fsp3) is 0.967. The zero-order valence-corrected chi connectivity index (χ0v) is 27.3. The van der Waals surface area contributed by atoms with Crippen molar-refractivity contribution in [2.75, 3.05) is 60.5 Å². The number of carbonyl (C=O) groups is 1. The molecule has 2 amide bonds. The summed E-state index contributed by atoms with van der Waals surface area (Å²) >= 11 is 0. The molecule has 0 bridgehead atoms. The minimum atomic E-state index is -4.02. The molecule has 0 aliphatic rings. The number of amides is 2. The number of hydrogen-bond donors (Lipinski definition) is 2. The molecule has 0 saturated heterocycles. The molecule has 0 heterocycles. The van der Waals surface area contributed by atoms with Gasteiger partial charge < -0.3 is 19.6 Å². The van der Waals surface area contributed by atoms with Crippen LogP contribution < -0.4 is 5.32 Å². The topological polar surface area (TPSA) is 88.1 Å². The van der Waals surface area contributed by atoms with Crippen molar-refractivity contribution in [1.82, 2.24) is 10.2 Å². The SMILES string of the molecule is CCCCCCCCCCCCCCCCCCN(CCCCOP(=O)(O)OCC[N+](C)(C)C)C(=O)NCC. The first-order chi connectivity index (χ1) is 18.6. The largest absolute Gasteiger partial charge is 0.472 e. The lowest BCUT2D eigenvalue weighted by Gasteiger charge is -2.24. The molecular formula is C30H65N3O5P+. The van der Waals surface area contributed by atoms with Gasteiger partial charge in [-0.15, -0.1) is 0 Å². The first-order valence-electron chi connectivity index (χ1n) is 16.1. The third-order valence-electron chi connectivity index (χ3n) is 6.99. The number of quaternary nitrogens is 1. The monoisotopic (exact) mass is 578 g/mol. The van der Waals surface area contributed by atoms with Gasteiger partial charge in [0, 0.05) is 19.6 Å². The summed E-state index contributed by atoms with van der Waals surface area (Å²) in [5, 5.41) is 2.90. The fourth-order valence-corrected chi connectivity index (χ4v) is 5.23. The number of phosphoric ester groups is 1. The van der Waals surface area contributed by atoms with Crippen molar-refractivity contribution in [2.24, 2.45) is 0 Å². The number of unbranched alkanes of at least 4 members (excludes halogenated alkanes) is 16. The molecule has 0 spiro atoms. The maximum Gasteiger partial charge on any atom is 0.472 e. The van der Waals surface area contributed by atoms with Crippen molar-refractivity contribution in [3.8, 4) is 0 Å². The van der Waals surface area contributed by atoms with Crippen molar-refractivity contribution < 1.29 is 27.8 Å². The minimum Gasteiger partial charge on any atom is -0.338 e. The number of phosphoric acid groups is 1. The summed E-state index contributed by atoms with van der Waals surface area (Å²) in [5.74, 6) is 0. The second-order valence-corrected chi connectivity index (χ2v) is 13.4. The van der Waals surface area contributed by atoms with Crippen LogP contribution in [0.25, 0.3) is 0 Å². The quantitative estimate of drug-likeness (QED) is 0.0560. The molecule has 0 aromatic heterocycles. The summed E-state index contributed by atoms with van der Waals surface area (Å²) in [6.45, 7) is 7.10. The Morgan fingerprint density at radius 2 is 1.10 bits per heavy atom. The Hall–Kier alpha value is -0.660. The number of likely N-dealkylation sites (N-methyl/N-ethyl adjacent to an activating group) is 1. The third-order valence-corrected chi connectivity index (χ3v) is 8.01. The molecule has 39 heavy (non-hydrogen) atoms. The van der Waals surface area contributed by atoms with Crippen LogP contribution in [-0.2, 0) is 13.6 Å². The predicted octanol–water partition coefficient (Wildman–Crippen LogP) is 7.90. The summed E-state index contributed by atoms with van der Waals surface area (Å²) in [5.41, 5.74) is 0. The Kier molecular flexibility index (Phi) is 24.7. The second kappa shape index (κ2) is 25.1. The Balaban J connectivity index is 3.84. The lowest BCUT2D eigenvalue weighted by atomic mass is 10.0. The van der Waals surface area contributed by atoms with Gasteiger partial charge >= 0.3 is 13.9 Å². The van der Waals surface area contributed by atoms with E-state index in [2.05, 4.69) is 12.2 Å². The van der Waals surface area contributed by atoms with Gasteiger partial charge in [-0.2, -0.15) is 0 Å². The van der Waals surface area contributed by atoms with Crippen molar-refractivity contribution in [3.63, 3.8) is 0 Å². The molecule has 0 rings (SSSR count). The molecule has 0 radical (unpaired) electrons. The number of nitrogens with one attached hydrogen (secondary N) is 1. The zero-order valence-electron chi connectivity index (χ0n) is 26.4. The van der Waals surface area contributed by atoms with Gasteiger partial charge in [-0.3, -0.25) is 9.05 Å². The molecule has 9 heteroatoms. The lowest BCUT2D eigenvalue weighted by molar-refractivity contribution is -0.870. The molecule has 0 aromatic carbocycles. The van der Waals surface area contributed by atoms with Crippen LogP contribution in [0, 0.1) is 0 Å². The van der Waals surface area contributed by atoms with E-state index >= 15 is 0 Å². The van der Waals surface area contributed by atoms with Crippen molar-refractivity contribution in [1.29, 1.82) is 0 Å². The van der Waals surface area contributed by atoms with Crippen LogP contribution in [0.5, 0.6) is 0 Å². The second-order valence-electron chi connectivity index (χ2n) is 12.0. The highest BCUT2D eigenvalue weighted by atomic mass is 31.2. The van der Waals surface area contributed by atoms with Crippen molar-refractivity contribution in [3.05, 3.63) is 0 Å². The number of hydrogen-bond acceptors (Lipinski definition) is 4. The van der Waals surface area contributed by atoms with Crippen LogP contribution in [-0.4, -0.2) is 80.8 Å². The number of rotatable bonds is 28. The number of nitrogens with zero attached hydrogens (tertiary/aromatic N) is 2. The van der Waals surface area contributed by atoms with Gasteiger partial charge in [0.1, 0.15) is 13.2 Å². The van der Waals surface area contributed by atoms with Gasteiger partial charge in [0.25, 0.3) is 0 Å².